The van der Waals surface area contributed by atoms with E-state index in [-0.39, 0.29) is 5.56 Å². The highest BCUT2D eigenvalue weighted by Crippen LogP contribution is 2.21. The summed E-state index contributed by atoms with van der Waals surface area (Å²) >= 11 is 3.21. The lowest BCUT2D eigenvalue weighted by atomic mass is 9.98. The third-order valence-corrected chi connectivity index (χ3v) is 3.13. The Morgan fingerprint density at radius 3 is 2.50 bits per heavy atom. The molecule has 2 N–H and O–H groups in total. The molecule has 2 rings (SSSR count). The van der Waals surface area contributed by atoms with Gasteiger partial charge in [-0.25, -0.2) is 4.39 Å². The Balaban J connectivity index is 2.34. The van der Waals surface area contributed by atoms with E-state index < -0.39 is 17.6 Å². The molecule has 0 bridgehead atoms. The first-order chi connectivity index (χ1) is 8.59. The van der Waals surface area contributed by atoms with Crippen LogP contribution in [0.3, 0.4) is 0 Å². The second-order valence-electron chi connectivity index (χ2n) is 3.88. The van der Waals surface area contributed by atoms with E-state index in [0.29, 0.717) is 10.0 Å². The molecule has 0 aromatic heterocycles. The van der Waals surface area contributed by atoms with Crippen molar-refractivity contribution in [3.05, 3.63) is 69.9 Å². The van der Waals surface area contributed by atoms with Crippen LogP contribution < -0.4 is 5.73 Å². The molecule has 0 aliphatic rings. The Morgan fingerprint density at radius 2 is 1.83 bits per heavy atom. The monoisotopic (exact) mass is 307 g/mol. The van der Waals surface area contributed by atoms with Gasteiger partial charge in [-0.15, -0.1) is 0 Å². The van der Waals surface area contributed by atoms with Crippen LogP contribution in [0, 0.1) is 5.82 Å². The minimum atomic E-state index is -0.852. The molecular formula is C14H11BrFNO. The molecule has 0 unspecified atom stereocenters. The summed E-state index contributed by atoms with van der Waals surface area (Å²) in [4.78, 5) is 12.1. The fourth-order valence-electron chi connectivity index (χ4n) is 1.67. The van der Waals surface area contributed by atoms with Crippen LogP contribution in [0.4, 0.5) is 4.39 Å². The second-order valence-corrected chi connectivity index (χ2v) is 4.79. The Kier molecular flexibility index (Phi) is 3.89. The van der Waals surface area contributed by atoms with Crippen LogP contribution in [0.1, 0.15) is 22.0 Å². The average Bonchev–Trinajstić information content (AvgIpc) is 2.41. The van der Waals surface area contributed by atoms with E-state index >= 15 is 0 Å². The molecule has 92 valence electrons. The predicted molar refractivity (Wildman–Crippen MR) is 71.8 cm³/mol. The molecule has 0 saturated carbocycles. The Morgan fingerprint density at radius 1 is 1.17 bits per heavy atom. The minimum Gasteiger partial charge on any atom is -0.318 e. The third-order valence-electron chi connectivity index (χ3n) is 2.64. The zero-order valence-electron chi connectivity index (χ0n) is 9.44. The lowest BCUT2D eigenvalue weighted by Crippen LogP contribution is -2.22. The molecule has 0 spiro atoms. The van der Waals surface area contributed by atoms with Gasteiger partial charge in [-0.1, -0.05) is 46.3 Å². The number of carbonyl (C=O) groups is 1. The van der Waals surface area contributed by atoms with Gasteiger partial charge in [0, 0.05) is 4.47 Å². The van der Waals surface area contributed by atoms with Crippen molar-refractivity contribution < 1.29 is 9.18 Å². The minimum absolute atomic E-state index is 0.000674. The van der Waals surface area contributed by atoms with Gasteiger partial charge in [0.2, 0.25) is 0 Å². The van der Waals surface area contributed by atoms with Gasteiger partial charge in [-0.2, -0.15) is 0 Å². The van der Waals surface area contributed by atoms with Crippen molar-refractivity contribution >= 4 is 21.7 Å². The summed E-state index contributed by atoms with van der Waals surface area (Å²) in [6.45, 7) is 0. The Hall–Kier alpha value is -1.52. The van der Waals surface area contributed by atoms with E-state index in [9.17, 15) is 9.18 Å². The molecule has 0 radical (unpaired) electrons. The van der Waals surface area contributed by atoms with Gasteiger partial charge in [0.25, 0.3) is 0 Å². The first-order valence-corrected chi connectivity index (χ1v) is 6.18. The number of halogens is 2. The van der Waals surface area contributed by atoms with Gasteiger partial charge in [0.05, 0.1) is 11.6 Å². The van der Waals surface area contributed by atoms with Crippen molar-refractivity contribution in [2.45, 2.75) is 6.04 Å². The van der Waals surface area contributed by atoms with Crippen LogP contribution in [-0.4, -0.2) is 5.78 Å². The number of rotatable bonds is 3. The predicted octanol–water partition coefficient (Wildman–Crippen LogP) is 3.47. The lowest BCUT2D eigenvalue weighted by Gasteiger charge is -2.11. The molecule has 0 amide bonds. The average molecular weight is 308 g/mol. The van der Waals surface area contributed by atoms with Gasteiger partial charge in [-0.3, -0.25) is 4.79 Å². The maximum atomic E-state index is 13.6. The molecule has 2 aromatic rings. The summed E-state index contributed by atoms with van der Waals surface area (Å²) in [6, 6.07) is 12.3. The largest absolute Gasteiger partial charge is 0.318 e. The van der Waals surface area contributed by atoms with Crippen molar-refractivity contribution in [1.29, 1.82) is 0 Å². The molecule has 0 heterocycles. The third kappa shape index (κ3) is 2.66. The molecule has 0 saturated heterocycles. The van der Waals surface area contributed by atoms with Crippen LogP contribution in [0.25, 0.3) is 0 Å². The van der Waals surface area contributed by atoms with Gasteiger partial charge in [0.1, 0.15) is 5.82 Å². The standard InChI is InChI=1S/C14H11BrFNO/c15-10-6-7-12(16)11(8-10)14(18)13(17)9-4-2-1-3-5-9/h1-8,13H,17H2/t13-/m1/s1. The van der Waals surface area contributed by atoms with Crippen molar-refractivity contribution in [1.82, 2.24) is 0 Å². The first-order valence-electron chi connectivity index (χ1n) is 5.39. The molecule has 2 aromatic carbocycles. The molecule has 18 heavy (non-hydrogen) atoms. The van der Waals surface area contributed by atoms with E-state index in [1.54, 1.807) is 30.3 Å². The normalized spacial score (nSPS) is 12.2. The van der Waals surface area contributed by atoms with E-state index in [4.69, 9.17) is 5.73 Å². The number of nitrogens with two attached hydrogens (primary N) is 1. The SMILES string of the molecule is N[C@@H](C(=O)c1cc(Br)ccc1F)c1ccccc1. The first kappa shape index (κ1) is 12.9. The highest BCUT2D eigenvalue weighted by Gasteiger charge is 2.20. The summed E-state index contributed by atoms with van der Waals surface area (Å²) in [5, 5.41) is 0. The summed E-state index contributed by atoms with van der Waals surface area (Å²) in [7, 11) is 0. The molecule has 1 atom stereocenters. The smallest absolute Gasteiger partial charge is 0.187 e. The Bertz CT molecular complexity index is 571. The highest BCUT2D eigenvalue weighted by molar-refractivity contribution is 9.10. The van der Waals surface area contributed by atoms with Crippen molar-refractivity contribution in [2.24, 2.45) is 5.73 Å². The van der Waals surface area contributed by atoms with Crippen molar-refractivity contribution in [3.8, 4) is 0 Å². The molecule has 0 aliphatic heterocycles. The number of carbonyl (C=O) groups excluding carboxylic acids is 1. The Labute approximate surface area is 113 Å². The number of hydrogen-bond acceptors (Lipinski definition) is 2. The van der Waals surface area contributed by atoms with Gasteiger partial charge >= 0.3 is 0 Å². The van der Waals surface area contributed by atoms with Crippen LogP contribution in [0.2, 0.25) is 0 Å². The van der Waals surface area contributed by atoms with E-state index in [2.05, 4.69) is 15.9 Å². The number of benzene rings is 2. The molecular weight excluding hydrogens is 297 g/mol. The summed E-state index contributed by atoms with van der Waals surface area (Å²) in [5.74, 6) is -0.991. The van der Waals surface area contributed by atoms with E-state index in [1.165, 1.54) is 12.1 Å². The fourth-order valence-corrected chi connectivity index (χ4v) is 2.03. The van der Waals surface area contributed by atoms with Crippen LogP contribution >= 0.6 is 15.9 Å². The zero-order valence-corrected chi connectivity index (χ0v) is 11.0. The van der Waals surface area contributed by atoms with Crippen LogP contribution in [0.15, 0.2) is 53.0 Å². The van der Waals surface area contributed by atoms with Crippen LogP contribution in [0.5, 0.6) is 0 Å². The number of Topliss-reactive ketones (excluding diaryl/α,β-unsaturated/α-hetero) is 1. The summed E-state index contributed by atoms with van der Waals surface area (Å²) < 4.78 is 14.2. The molecule has 0 fully saturated rings. The van der Waals surface area contributed by atoms with Gasteiger partial charge in [-0.05, 0) is 23.8 Å². The van der Waals surface area contributed by atoms with E-state index in [0.717, 1.165) is 0 Å². The topological polar surface area (TPSA) is 43.1 Å². The zero-order chi connectivity index (χ0) is 13.1. The van der Waals surface area contributed by atoms with Gasteiger partial charge in [0.15, 0.2) is 5.78 Å². The van der Waals surface area contributed by atoms with Crippen LogP contribution in [-0.2, 0) is 0 Å². The molecule has 0 aliphatic carbocycles. The highest BCUT2D eigenvalue weighted by atomic mass is 79.9. The van der Waals surface area contributed by atoms with E-state index in [1.807, 2.05) is 6.07 Å². The summed E-state index contributed by atoms with van der Waals surface area (Å²) in [6.07, 6.45) is 0. The maximum Gasteiger partial charge on any atom is 0.187 e. The quantitative estimate of drug-likeness (QED) is 0.882. The molecule has 4 heteroatoms. The number of hydrogen-bond donors (Lipinski definition) is 1. The number of ketones is 1. The lowest BCUT2D eigenvalue weighted by molar-refractivity contribution is 0.0957. The second kappa shape index (κ2) is 5.42. The maximum absolute atomic E-state index is 13.6. The van der Waals surface area contributed by atoms with Crippen molar-refractivity contribution in [2.75, 3.05) is 0 Å². The van der Waals surface area contributed by atoms with Crippen molar-refractivity contribution in [3.63, 3.8) is 0 Å². The van der Waals surface area contributed by atoms with Gasteiger partial charge < -0.3 is 5.73 Å². The molecule has 2 nitrogen and oxygen atoms in total. The fraction of sp³-hybridized carbons (Fsp3) is 0.0714. The summed E-state index contributed by atoms with van der Waals surface area (Å²) in [5.41, 5.74) is 6.53.